The molecular weight excluding hydrogens is 295 g/mol. The lowest BCUT2D eigenvalue weighted by Crippen LogP contribution is -2.39. The summed E-state index contributed by atoms with van der Waals surface area (Å²) in [6.45, 7) is 1.56. The molecule has 0 aliphatic carbocycles. The highest BCUT2D eigenvalue weighted by molar-refractivity contribution is 5.90. The first-order chi connectivity index (χ1) is 11.1. The van der Waals surface area contributed by atoms with Gasteiger partial charge in [0.05, 0.1) is 12.0 Å². The van der Waals surface area contributed by atoms with Crippen LogP contribution in [0.3, 0.4) is 0 Å². The van der Waals surface area contributed by atoms with Crippen LogP contribution in [0.1, 0.15) is 43.7 Å². The lowest BCUT2D eigenvalue weighted by atomic mass is 9.92. The zero-order chi connectivity index (χ0) is 16.4. The maximum Gasteiger partial charge on any atom is 0.228 e. The predicted octanol–water partition coefficient (Wildman–Crippen LogP) is 2.75. The van der Waals surface area contributed by atoms with Crippen molar-refractivity contribution in [2.75, 3.05) is 20.1 Å². The summed E-state index contributed by atoms with van der Waals surface area (Å²) in [4.78, 5) is 28.7. The number of hydrogen-bond donors (Lipinski definition) is 0. The van der Waals surface area contributed by atoms with Gasteiger partial charge in [0.1, 0.15) is 5.82 Å². The lowest BCUT2D eigenvalue weighted by Gasteiger charge is -2.29. The van der Waals surface area contributed by atoms with E-state index in [1.165, 1.54) is 12.1 Å². The molecular formula is C18H23FN2O2. The molecule has 2 fully saturated rings. The summed E-state index contributed by atoms with van der Waals surface area (Å²) in [5.74, 6) is -0.626. The van der Waals surface area contributed by atoms with Crippen LogP contribution in [-0.4, -0.2) is 41.8 Å². The zero-order valence-electron chi connectivity index (χ0n) is 13.5. The van der Waals surface area contributed by atoms with Crippen LogP contribution in [0.5, 0.6) is 0 Å². The molecule has 124 valence electrons. The molecule has 0 aromatic heterocycles. The van der Waals surface area contributed by atoms with E-state index in [0.717, 1.165) is 44.3 Å². The number of benzene rings is 1. The van der Waals surface area contributed by atoms with Crippen molar-refractivity contribution in [2.24, 2.45) is 5.92 Å². The topological polar surface area (TPSA) is 40.6 Å². The van der Waals surface area contributed by atoms with Gasteiger partial charge in [0.25, 0.3) is 0 Å². The SMILES string of the molecule is CN1C(=O)C[C@H](C(=O)N2CCCCCC2)[C@H]1c1ccc(F)cc1. The normalized spacial score (nSPS) is 25.6. The van der Waals surface area contributed by atoms with Crippen LogP contribution in [0, 0.1) is 11.7 Å². The van der Waals surface area contributed by atoms with Crippen molar-refractivity contribution in [1.29, 1.82) is 0 Å². The number of hydrogen-bond acceptors (Lipinski definition) is 2. The predicted molar refractivity (Wildman–Crippen MR) is 85.1 cm³/mol. The molecule has 3 rings (SSSR count). The standard InChI is InChI=1S/C18H23FN2O2/c1-20-16(22)12-15(17(20)13-6-8-14(19)9-7-13)18(23)21-10-4-2-3-5-11-21/h6-9,15,17H,2-5,10-12H2,1H3/t15-,17+/m0/s1. The Morgan fingerprint density at radius 2 is 1.70 bits per heavy atom. The van der Waals surface area contributed by atoms with E-state index in [9.17, 15) is 14.0 Å². The third kappa shape index (κ3) is 3.23. The van der Waals surface area contributed by atoms with Gasteiger partial charge in [0.2, 0.25) is 11.8 Å². The minimum atomic E-state index is -0.365. The van der Waals surface area contributed by atoms with Crippen LogP contribution < -0.4 is 0 Å². The first-order valence-corrected chi connectivity index (χ1v) is 8.38. The highest BCUT2D eigenvalue weighted by Gasteiger charge is 2.44. The average molecular weight is 318 g/mol. The van der Waals surface area contributed by atoms with Gasteiger partial charge in [0, 0.05) is 26.6 Å². The third-order valence-corrected chi connectivity index (χ3v) is 5.03. The fourth-order valence-corrected chi connectivity index (χ4v) is 3.73. The highest BCUT2D eigenvalue weighted by atomic mass is 19.1. The average Bonchev–Trinajstić information content (AvgIpc) is 2.75. The van der Waals surface area contributed by atoms with E-state index in [1.54, 1.807) is 24.1 Å². The van der Waals surface area contributed by atoms with Crippen LogP contribution in [0.4, 0.5) is 4.39 Å². The summed E-state index contributed by atoms with van der Waals surface area (Å²) < 4.78 is 13.2. The van der Waals surface area contributed by atoms with Gasteiger partial charge < -0.3 is 9.80 Å². The van der Waals surface area contributed by atoms with Crippen molar-refractivity contribution >= 4 is 11.8 Å². The summed E-state index contributed by atoms with van der Waals surface area (Å²) in [6, 6.07) is 5.84. The Balaban J connectivity index is 1.84. The Morgan fingerprint density at radius 3 is 2.30 bits per heavy atom. The Hall–Kier alpha value is -1.91. The molecule has 2 heterocycles. The van der Waals surface area contributed by atoms with E-state index in [2.05, 4.69) is 0 Å². The molecule has 2 saturated heterocycles. The molecule has 0 spiro atoms. The second-order valence-corrected chi connectivity index (χ2v) is 6.55. The summed E-state index contributed by atoms with van der Waals surface area (Å²) in [5, 5.41) is 0. The van der Waals surface area contributed by atoms with Gasteiger partial charge in [-0.25, -0.2) is 4.39 Å². The maximum atomic E-state index is 13.2. The second-order valence-electron chi connectivity index (χ2n) is 6.55. The van der Waals surface area contributed by atoms with Crippen molar-refractivity contribution < 1.29 is 14.0 Å². The second kappa shape index (κ2) is 6.69. The monoisotopic (exact) mass is 318 g/mol. The fourth-order valence-electron chi connectivity index (χ4n) is 3.73. The molecule has 0 radical (unpaired) electrons. The van der Waals surface area contributed by atoms with Gasteiger partial charge in [-0.05, 0) is 30.5 Å². The van der Waals surface area contributed by atoms with Crippen molar-refractivity contribution in [2.45, 2.75) is 38.1 Å². The van der Waals surface area contributed by atoms with Crippen molar-refractivity contribution in [3.8, 4) is 0 Å². The number of carbonyl (C=O) groups excluding carboxylic acids is 2. The van der Waals surface area contributed by atoms with Crippen LogP contribution in [0.25, 0.3) is 0 Å². The van der Waals surface area contributed by atoms with E-state index in [-0.39, 0.29) is 36.0 Å². The molecule has 5 heteroatoms. The molecule has 1 aromatic carbocycles. The van der Waals surface area contributed by atoms with Gasteiger partial charge in [-0.3, -0.25) is 9.59 Å². The van der Waals surface area contributed by atoms with Crippen molar-refractivity contribution in [3.63, 3.8) is 0 Å². The van der Waals surface area contributed by atoms with Gasteiger partial charge in [0.15, 0.2) is 0 Å². The number of carbonyl (C=O) groups is 2. The summed E-state index contributed by atoms with van der Waals surface area (Å²) >= 11 is 0. The fraction of sp³-hybridized carbons (Fsp3) is 0.556. The molecule has 2 atom stereocenters. The zero-order valence-corrected chi connectivity index (χ0v) is 13.5. The van der Waals surface area contributed by atoms with E-state index in [4.69, 9.17) is 0 Å². The van der Waals surface area contributed by atoms with E-state index in [1.807, 2.05) is 4.90 Å². The number of nitrogens with zero attached hydrogens (tertiary/aromatic N) is 2. The van der Waals surface area contributed by atoms with Crippen LogP contribution >= 0.6 is 0 Å². The highest BCUT2D eigenvalue weighted by Crippen LogP contribution is 2.38. The Bertz CT molecular complexity index is 579. The summed E-state index contributed by atoms with van der Waals surface area (Å²) in [5.41, 5.74) is 0.827. The first-order valence-electron chi connectivity index (χ1n) is 8.38. The molecule has 2 aliphatic heterocycles. The summed E-state index contributed by atoms with van der Waals surface area (Å²) in [6.07, 6.45) is 4.63. The maximum absolute atomic E-state index is 13.2. The minimum absolute atomic E-state index is 0.0208. The van der Waals surface area contributed by atoms with Gasteiger partial charge >= 0.3 is 0 Å². The lowest BCUT2D eigenvalue weighted by molar-refractivity contribution is -0.136. The van der Waals surface area contributed by atoms with Gasteiger partial charge in [-0.15, -0.1) is 0 Å². The molecule has 23 heavy (non-hydrogen) atoms. The van der Waals surface area contributed by atoms with Gasteiger partial charge in [-0.1, -0.05) is 25.0 Å². The Morgan fingerprint density at radius 1 is 1.09 bits per heavy atom. The minimum Gasteiger partial charge on any atom is -0.342 e. The van der Waals surface area contributed by atoms with Gasteiger partial charge in [-0.2, -0.15) is 0 Å². The summed E-state index contributed by atoms with van der Waals surface area (Å²) in [7, 11) is 1.73. The van der Waals surface area contributed by atoms with Crippen molar-refractivity contribution in [3.05, 3.63) is 35.6 Å². The molecule has 2 amide bonds. The molecule has 0 saturated carbocycles. The molecule has 0 unspecified atom stereocenters. The molecule has 0 N–H and O–H groups in total. The molecule has 4 nitrogen and oxygen atoms in total. The van der Waals surface area contributed by atoms with Crippen LogP contribution in [0.15, 0.2) is 24.3 Å². The smallest absolute Gasteiger partial charge is 0.228 e. The first kappa shape index (κ1) is 16.0. The third-order valence-electron chi connectivity index (χ3n) is 5.03. The van der Waals surface area contributed by atoms with E-state index < -0.39 is 0 Å². The molecule has 2 aliphatic rings. The van der Waals surface area contributed by atoms with Crippen molar-refractivity contribution in [1.82, 2.24) is 9.80 Å². The molecule has 0 bridgehead atoms. The quantitative estimate of drug-likeness (QED) is 0.841. The number of halogens is 1. The molecule has 1 aromatic rings. The van der Waals surface area contributed by atoms with E-state index in [0.29, 0.717) is 0 Å². The van der Waals surface area contributed by atoms with E-state index >= 15 is 0 Å². The Labute approximate surface area is 136 Å². The number of rotatable bonds is 2. The number of likely N-dealkylation sites (tertiary alicyclic amines) is 2. The Kier molecular flexibility index (Phi) is 4.64. The van der Waals surface area contributed by atoms with Crippen LogP contribution in [-0.2, 0) is 9.59 Å². The largest absolute Gasteiger partial charge is 0.342 e. The van der Waals surface area contributed by atoms with Crippen LogP contribution in [0.2, 0.25) is 0 Å². The number of amides is 2.